The van der Waals surface area contributed by atoms with Gasteiger partial charge in [-0.05, 0) is 6.92 Å². The van der Waals surface area contributed by atoms with Crippen LogP contribution in [0.2, 0.25) is 0 Å². The summed E-state index contributed by atoms with van der Waals surface area (Å²) in [5.74, 6) is 0. The smallest absolute Gasteiger partial charge is 0.311 e. The minimum atomic E-state index is -2.37. The number of aliphatic hydroxyl groups is 1. The van der Waals surface area contributed by atoms with Crippen molar-refractivity contribution in [3.8, 4) is 0 Å². The first-order chi connectivity index (χ1) is 3.63. The fourth-order valence-electron chi connectivity index (χ4n) is 0.169. The molecule has 0 aliphatic carbocycles. The van der Waals surface area contributed by atoms with Crippen LogP contribution in [0.5, 0.6) is 0 Å². The van der Waals surface area contributed by atoms with Crippen molar-refractivity contribution in [2.75, 3.05) is 6.54 Å². The minimum Gasteiger partial charge on any atom is -0.391 e. The van der Waals surface area contributed by atoms with Crippen LogP contribution in [-0.2, 0) is 10.5 Å². The molecule has 0 amide bonds. The molecule has 0 rings (SSSR count). The molecule has 49 valence electrons. The summed E-state index contributed by atoms with van der Waals surface area (Å²) in [6, 6.07) is 0. The van der Waals surface area contributed by atoms with Crippen molar-refractivity contribution in [1.82, 2.24) is 0 Å². The van der Waals surface area contributed by atoms with Gasteiger partial charge in [-0.1, -0.05) is 0 Å². The molecule has 0 aliphatic heterocycles. The van der Waals surface area contributed by atoms with Gasteiger partial charge in [-0.25, -0.2) is 0 Å². The molecule has 1 N–H and O–H groups in total. The Balaban J connectivity index is 0. The third-order valence-corrected chi connectivity index (χ3v) is 0.804. The van der Waals surface area contributed by atoms with Crippen molar-refractivity contribution in [3.63, 3.8) is 0 Å². The van der Waals surface area contributed by atoms with E-state index in [9.17, 15) is 8.42 Å². The quantitative estimate of drug-likeness (QED) is 0.529. The van der Waals surface area contributed by atoms with Crippen LogP contribution in [0.25, 0.3) is 0 Å². The number of hydrogen-bond donors (Lipinski definition) is 1. The van der Waals surface area contributed by atoms with E-state index in [2.05, 4.69) is 4.36 Å². The second kappa shape index (κ2) is 6.70. The second-order valence-electron chi connectivity index (χ2n) is 1.38. The van der Waals surface area contributed by atoms with Gasteiger partial charge in [0.1, 0.15) is 0 Å². The Kier molecular flexibility index (Phi) is 9.13. The van der Waals surface area contributed by atoms with Crippen molar-refractivity contribution in [1.29, 1.82) is 0 Å². The third kappa shape index (κ3) is 11.9. The molecule has 0 aromatic carbocycles. The van der Waals surface area contributed by atoms with E-state index < -0.39 is 16.6 Å². The standard InChI is InChI=1S/C3H7NO3S.Na/c1-3(5)2-4-8(6)7;/h3,5H,2H2,1H3;. The zero-order valence-corrected chi connectivity index (χ0v) is 8.22. The van der Waals surface area contributed by atoms with E-state index >= 15 is 0 Å². The molecule has 0 bridgehead atoms. The minimum absolute atomic E-state index is 0. The maximum Gasteiger partial charge on any atom is 0.311 e. The van der Waals surface area contributed by atoms with Crippen LogP contribution in [0.3, 0.4) is 0 Å². The molecule has 0 saturated carbocycles. The summed E-state index contributed by atoms with van der Waals surface area (Å²) in [4.78, 5) is 0. The van der Waals surface area contributed by atoms with Crippen LogP contribution >= 0.6 is 0 Å². The molecule has 0 spiro atoms. The Morgan fingerprint density at radius 1 is 1.67 bits per heavy atom. The van der Waals surface area contributed by atoms with E-state index in [1.54, 1.807) is 0 Å². The van der Waals surface area contributed by atoms with Gasteiger partial charge in [0.25, 0.3) is 0 Å². The van der Waals surface area contributed by atoms with Crippen LogP contribution in [0.1, 0.15) is 6.92 Å². The average Bonchev–Trinajstić information content (AvgIpc) is 1.61. The molecule has 1 atom stereocenters. The summed E-state index contributed by atoms with van der Waals surface area (Å²) in [6.07, 6.45) is -0.673. The topological polar surface area (TPSA) is 66.7 Å². The van der Waals surface area contributed by atoms with E-state index in [0.717, 1.165) is 0 Å². The summed E-state index contributed by atoms with van der Waals surface area (Å²) < 4.78 is 22.2. The molecular weight excluding hydrogens is 153 g/mol. The molecule has 0 fully saturated rings. The van der Waals surface area contributed by atoms with Gasteiger partial charge in [-0.2, -0.15) is 12.8 Å². The summed E-state index contributed by atoms with van der Waals surface area (Å²) in [5, 5.41) is 8.43. The summed E-state index contributed by atoms with van der Waals surface area (Å²) in [7, 11) is -2.37. The van der Waals surface area contributed by atoms with E-state index in [4.69, 9.17) is 5.11 Å². The maximum absolute atomic E-state index is 9.63. The van der Waals surface area contributed by atoms with Crippen LogP contribution in [-0.4, -0.2) is 55.7 Å². The van der Waals surface area contributed by atoms with Crippen molar-refractivity contribution in [3.05, 3.63) is 0 Å². The van der Waals surface area contributed by atoms with Gasteiger partial charge in [0, 0.05) is 29.6 Å². The Labute approximate surface area is 77.3 Å². The molecule has 1 radical (unpaired) electrons. The molecule has 9 heavy (non-hydrogen) atoms. The fourth-order valence-corrected chi connectivity index (χ4v) is 0.506. The van der Waals surface area contributed by atoms with Crippen molar-refractivity contribution in [2.24, 2.45) is 4.36 Å². The number of nitrogens with zero attached hydrogens (tertiary/aromatic N) is 1. The maximum atomic E-state index is 9.63. The predicted octanol–water partition coefficient (Wildman–Crippen LogP) is -0.951. The first-order valence-corrected chi connectivity index (χ1v) is 3.11. The second-order valence-corrected chi connectivity index (χ2v) is 2.07. The van der Waals surface area contributed by atoms with Crippen LogP contribution in [0.4, 0.5) is 0 Å². The Hall–Kier alpha value is 0.580. The van der Waals surface area contributed by atoms with Crippen molar-refractivity contribution in [2.45, 2.75) is 13.0 Å². The molecule has 0 aromatic rings. The Bertz CT molecular complexity index is 165. The summed E-state index contributed by atoms with van der Waals surface area (Å²) in [6.45, 7) is 1.42. The SMILES string of the molecule is CC(O)CN=S(=O)=O.[Na]. The average molecular weight is 160 g/mol. The van der Waals surface area contributed by atoms with Gasteiger partial charge in [0.15, 0.2) is 0 Å². The van der Waals surface area contributed by atoms with Gasteiger partial charge in [0.05, 0.1) is 12.6 Å². The van der Waals surface area contributed by atoms with Crippen LogP contribution < -0.4 is 0 Å². The zero-order chi connectivity index (χ0) is 6.57. The van der Waals surface area contributed by atoms with Crippen molar-refractivity contribution < 1.29 is 13.5 Å². The van der Waals surface area contributed by atoms with Gasteiger partial charge in [-0.3, -0.25) is 0 Å². The Morgan fingerprint density at radius 3 is 2.22 bits per heavy atom. The van der Waals surface area contributed by atoms with Crippen molar-refractivity contribution >= 4 is 40.1 Å². The van der Waals surface area contributed by atoms with E-state index in [-0.39, 0.29) is 36.1 Å². The zero-order valence-electron chi connectivity index (χ0n) is 5.40. The van der Waals surface area contributed by atoms with Gasteiger partial charge in [-0.15, -0.1) is 0 Å². The summed E-state index contributed by atoms with van der Waals surface area (Å²) in [5.41, 5.74) is 0. The molecular formula is C3H7NNaO3S. The van der Waals surface area contributed by atoms with Crippen LogP contribution in [0, 0.1) is 0 Å². The normalized spacial score (nSPS) is 11.3. The molecule has 1 unspecified atom stereocenters. The van der Waals surface area contributed by atoms with E-state index in [0.29, 0.717) is 0 Å². The molecule has 4 nitrogen and oxygen atoms in total. The summed E-state index contributed by atoms with van der Waals surface area (Å²) >= 11 is 0. The number of hydrogen-bond acceptors (Lipinski definition) is 4. The van der Waals surface area contributed by atoms with Gasteiger partial charge < -0.3 is 5.11 Å². The fraction of sp³-hybridized carbons (Fsp3) is 1.00. The number of aliphatic hydroxyl groups excluding tert-OH is 1. The predicted molar refractivity (Wildman–Crippen MR) is 33.6 cm³/mol. The van der Waals surface area contributed by atoms with Gasteiger partial charge >= 0.3 is 10.5 Å². The molecule has 6 heteroatoms. The largest absolute Gasteiger partial charge is 0.391 e. The molecule has 0 heterocycles. The van der Waals surface area contributed by atoms with E-state index in [1.165, 1.54) is 6.92 Å². The number of rotatable bonds is 2. The molecule has 0 saturated heterocycles. The molecule has 0 aliphatic rings. The first-order valence-electron chi connectivity index (χ1n) is 2.08. The third-order valence-electron chi connectivity index (χ3n) is 0.444. The van der Waals surface area contributed by atoms with Gasteiger partial charge in [0.2, 0.25) is 0 Å². The molecule has 0 aromatic heterocycles. The van der Waals surface area contributed by atoms with E-state index in [1.807, 2.05) is 0 Å². The monoisotopic (exact) mass is 160 g/mol. The Morgan fingerprint density at radius 2 is 2.11 bits per heavy atom. The first kappa shape index (κ1) is 12.3. The van der Waals surface area contributed by atoms with Crippen LogP contribution in [0.15, 0.2) is 4.36 Å².